The maximum absolute atomic E-state index is 11.1. The number of rotatable bonds is 13. The van der Waals surface area contributed by atoms with Crippen LogP contribution in [0.2, 0.25) is 0 Å². The van der Waals surface area contributed by atoms with E-state index in [4.69, 9.17) is 9.29 Å². The average Bonchev–Trinajstić information content (AvgIpc) is 2.55. The van der Waals surface area contributed by atoms with Crippen molar-refractivity contribution < 1.29 is 17.7 Å². The topological polar surface area (TPSA) is 63.6 Å². The van der Waals surface area contributed by atoms with E-state index in [0.29, 0.717) is 12.2 Å². The Bertz CT molecular complexity index is 596. The summed E-state index contributed by atoms with van der Waals surface area (Å²) in [5.74, 6) is 0.327. The number of aryl methyl sites for hydroxylation is 2. The molecule has 0 aliphatic rings. The second kappa shape index (κ2) is 11.5. The summed E-state index contributed by atoms with van der Waals surface area (Å²) in [5.41, 5.74) is 2.68. The van der Waals surface area contributed by atoms with Crippen LogP contribution in [0.25, 0.3) is 0 Å². The standard InChI is InChI=1S/C20H34O4S/c1-4-7-9-11-17-13-14-20(15-18(17)12-10-8-5-2)24-19(6-3)16-25(21,22)23/h13-15,19H,4-12,16H2,1-3H3,(H,21,22,23). The zero-order valence-corrected chi connectivity index (χ0v) is 16.8. The molecule has 1 aromatic carbocycles. The van der Waals surface area contributed by atoms with Crippen molar-refractivity contribution in [3.63, 3.8) is 0 Å². The van der Waals surface area contributed by atoms with E-state index in [2.05, 4.69) is 26.0 Å². The van der Waals surface area contributed by atoms with Gasteiger partial charge in [0.1, 0.15) is 17.6 Å². The van der Waals surface area contributed by atoms with Crippen molar-refractivity contribution >= 4 is 10.1 Å². The number of hydrogen-bond donors (Lipinski definition) is 1. The molecule has 0 amide bonds. The Morgan fingerprint density at radius 1 is 0.960 bits per heavy atom. The molecule has 1 rings (SSSR count). The van der Waals surface area contributed by atoms with Crippen LogP contribution in [0.4, 0.5) is 0 Å². The largest absolute Gasteiger partial charge is 0.489 e. The molecule has 1 N–H and O–H groups in total. The van der Waals surface area contributed by atoms with Gasteiger partial charge in [0, 0.05) is 0 Å². The third-order valence-electron chi connectivity index (χ3n) is 4.43. The van der Waals surface area contributed by atoms with Crippen LogP contribution in [0.1, 0.15) is 76.8 Å². The van der Waals surface area contributed by atoms with Gasteiger partial charge in [-0.05, 0) is 55.4 Å². The minimum atomic E-state index is -4.03. The fourth-order valence-corrected chi connectivity index (χ4v) is 3.72. The van der Waals surface area contributed by atoms with Crippen molar-refractivity contribution in [2.24, 2.45) is 0 Å². The maximum atomic E-state index is 11.1. The summed E-state index contributed by atoms with van der Waals surface area (Å²) >= 11 is 0. The molecule has 1 unspecified atom stereocenters. The molecular formula is C20H34O4S. The number of hydrogen-bond acceptors (Lipinski definition) is 3. The molecule has 0 saturated heterocycles. The van der Waals surface area contributed by atoms with Gasteiger partial charge in [0.25, 0.3) is 10.1 Å². The summed E-state index contributed by atoms with van der Waals surface area (Å²) in [6.07, 6.45) is 9.31. The van der Waals surface area contributed by atoms with E-state index in [9.17, 15) is 8.42 Å². The smallest absolute Gasteiger partial charge is 0.268 e. The molecule has 0 radical (unpaired) electrons. The molecule has 5 heteroatoms. The second-order valence-electron chi connectivity index (χ2n) is 6.74. The Kier molecular flexibility index (Phi) is 10.1. The van der Waals surface area contributed by atoms with Gasteiger partial charge in [0.2, 0.25) is 0 Å². The summed E-state index contributed by atoms with van der Waals surface area (Å²) in [6.45, 7) is 6.26. The van der Waals surface area contributed by atoms with Gasteiger partial charge < -0.3 is 4.74 Å². The van der Waals surface area contributed by atoms with Crippen LogP contribution in [0.15, 0.2) is 18.2 Å². The first-order chi connectivity index (χ1) is 11.9. The molecule has 0 heterocycles. The van der Waals surface area contributed by atoms with Crippen LogP contribution in [-0.4, -0.2) is 24.8 Å². The Balaban J connectivity index is 2.86. The summed E-state index contributed by atoms with van der Waals surface area (Å²) in [7, 11) is -4.03. The molecular weight excluding hydrogens is 336 g/mol. The highest BCUT2D eigenvalue weighted by molar-refractivity contribution is 7.85. The second-order valence-corrected chi connectivity index (χ2v) is 8.24. The van der Waals surface area contributed by atoms with E-state index in [1.165, 1.54) is 43.2 Å². The van der Waals surface area contributed by atoms with E-state index in [-0.39, 0.29) is 5.75 Å². The van der Waals surface area contributed by atoms with Crippen LogP contribution >= 0.6 is 0 Å². The zero-order valence-electron chi connectivity index (χ0n) is 16.0. The molecule has 1 aromatic rings. The van der Waals surface area contributed by atoms with Gasteiger partial charge in [-0.1, -0.05) is 52.5 Å². The van der Waals surface area contributed by atoms with E-state index in [1.54, 1.807) is 0 Å². The maximum Gasteiger partial charge on any atom is 0.268 e. The Labute approximate surface area is 153 Å². The number of benzene rings is 1. The van der Waals surface area contributed by atoms with Gasteiger partial charge in [-0.2, -0.15) is 8.42 Å². The van der Waals surface area contributed by atoms with Crippen molar-refractivity contribution in [1.82, 2.24) is 0 Å². The summed E-state index contributed by atoms with van der Waals surface area (Å²) < 4.78 is 37.1. The third kappa shape index (κ3) is 9.26. The molecule has 25 heavy (non-hydrogen) atoms. The van der Waals surface area contributed by atoms with Crippen LogP contribution in [0, 0.1) is 0 Å². The molecule has 1 atom stereocenters. The predicted octanol–water partition coefficient (Wildman–Crippen LogP) is 5.20. The van der Waals surface area contributed by atoms with Crippen molar-refractivity contribution in [1.29, 1.82) is 0 Å². The molecule has 0 aliphatic heterocycles. The van der Waals surface area contributed by atoms with Gasteiger partial charge in [0.15, 0.2) is 0 Å². The highest BCUT2D eigenvalue weighted by atomic mass is 32.2. The van der Waals surface area contributed by atoms with Crippen LogP contribution in [-0.2, 0) is 23.0 Å². The van der Waals surface area contributed by atoms with E-state index in [0.717, 1.165) is 19.3 Å². The molecule has 0 aliphatic carbocycles. The highest BCUT2D eigenvalue weighted by Crippen LogP contribution is 2.23. The summed E-state index contributed by atoms with van der Waals surface area (Å²) in [5, 5.41) is 0. The van der Waals surface area contributed by atoms with Crippen LogP contribution in [0.5, 0.6) is 5.75 Å². The van der Waals surface area contributed by atoms with Crippen molar-refractivity contribution in [3.8, 4) is 5.75 Å². The summed E-state index contributed by atoms with van der Waals surface area (Å²) in [4.78, 5) is 0. The van der Waals surface area contributed by atoms with E-state index >= 15 is 0 Å². The third-order valence-corrected chi connectivity index (χ3v) is 5.22. The Hall–Kier alpha value is -1.07. The number of unbranched alkanes of at least 4 members (excludes halogenated alkanes) is 4. The first kappa shape index (κ1) is 22.0. The summed E-state index contributed by atoms with van der Waals surface area (Å²) in [6, 6.07) is 6.10. The molecule has 144 valence electrons. The minimum Gasteiger partial charge on any atom is -0.489 e. The van der Waals surface area contributed by atoms with Crippen LogP contribution in [0.3, 0.4) is 0 Å². The molecule has 0 spiro atoms. The lowest BCUT2D eigenvalue weighted by atomic mass is 9.97. The SMILES string of the molecule is CCCCCc1ccc(OC(CC)CS(=O)(=O)O)cc1CCCCC. The van der Waals surface area contributed by atoms with Gasteiger partial charge >= 0.3 is 0 Å². The Morgan fingerprint density at radius 2 is 1.56 bits per heavy atom. The molecule has 0 fully saturated rings. The predicted molar refractivity (Wildman–Crippen MR) is 104 cm³/mol. The number of ether oxygens (including phenoxy) is 1. The van der Waals surface area contributed by atoms with Gasteiger partial charge in [0.05, 0.1) is 0 Å². The zero-order chi connectivity index (χ0) is 18.7. The molecule has 0 bridgehead atoms. The first-order valence-electron chi connectivity index (χ1n) is 9.63. The van der Waals surface area contributed by atoms with Crippen molar-refractivity contribution in [3.05, 3.63) is 29.3 Å². The quantitative estimate of drug-likeness (QED) is 0.383. The van der Waals surface area contributed by atoms with Gasteiger partial charge in [-0.25, -0.2) is 0 Å². The van der Waals surface area contributed by atoms with Crippen molar-refractivity contribution in [2.45, 2.75) is 84.7 Å². The highest BCUT2D eigenvalue weighted by Gasteiger charge is 2.17. The molecule has 0 aromatic heterocycles. The lowest BCUT2D eigenvalue weighted by molar-refractivity contribution is 0.216. The lowest BCUT2D eigenvalue weighted by Crippen LogP contribution is -2.25. The van der Waals surface area contributed by atoms with E-state index in [1.807, 2.05) is 13.0 Å². The monoisotopic (exact) mass is 370 g/mol. The minimum absolute atomic E-state index is 0.368. The first-order valence-corrected chi connectivity index (χ1v) is 11.2. The van der Waals surface area contributed by atoms with E-state index < -0.39 is 16.2 Å². The van der Waals surface area contributed by atoms with Crippen molar-refractivity contribution in [2.75, 3.05) is 5.75 Å². The van der Waals surface area contributed by atoms with Gasteiger partial charge in [-0.15, -0.1) is 0 Å². The molecule has 0 saturated carbocycles. The molecule has 4 nitrogen and oxygen atoms in total. The Morgan fingerprint density at radius 3 is 2.08 bits per heavy atom. The average molecular weight is 371 g/mol. The van der Waals surface area contributed by atoms with Crippen LogP contribution < -0.4 is 4.74 Å². The van der Waals surface area contributed by atoms with Gasteiger partial charge in [-0.3, -0.25) is 4.55 Å². The fraction of sp³-hybridized carbons (Fsp3) is 0.700. The normalized spacial score (nSPS) is 13.0. The fourth-order valence-electron chi connectivity index (χ4n) is 2.95. The lowest BCUT2D eigenvalue weighted by Gasteiger charge is -2.18.